The highest BCUT2D eigenvalue weighted by Crippen LogP contribution is 2.27. The minimum absolute atomic E-state index is 0.448. The fraction of sp³-hybridized carbons (Fsp3) is 0.286. The summed E-state index contributed by atoms with van der Waals surface area (Å²) in [5, 5.41) is 8.27. The average molecular weight is 212 g/mol. The summed E-state index contributed by atoms with van der Waals surface area (Å²) < 4.78 is 0. The molecule has 82 valence electrons. The van der Waals surface area contributed by atoms with Crippen molar-refractivity contribution < 1.29 is 0 Å². The van der Waals surface area contributed by atoms with Crippen LogP contribution in [-0.4, -0.2) is 10.2 Å². The summed E-state index contributed by atoms with van der Waals surface area (Å²) in [6.45, 7) is 4.37. The van der Waals surface area contributed by atoms with Crippen LogP contribution in [0.2, 0.25) is 0 Å². The lowest BCUT2D eigenvalue weighted by Crippen LogP contribution is -2.00. The van der Waals surface area contributed by atoms with Gasteiger partial charge in [0.05, 0.1) is 11.9 Å². The van der Waals surface area contributed by atoms with Gasteiger partial charge in [0.2, 0.25) is 0 Å². The van der Waals surface area contributed by atoms with E-state index >= 15 is 0 Å². The minimum atomic E-state index is 0.448. The van der Waals surface area contributed by atoms with E-state index in [0.717, 1.165) is 12.1 Å². The highest BCUT2D eigenvalue weighted by molar-refractivity contribution is 5.65. The van der Waals surface area contributed by atoms with E-state index < -0.39 is 0 Å². The Morgan fingerprint density at radius 2 is 1.88 bits per heavy atom. The standard InChI is InChI=1S/C14H16N2/c1-3-11(2)14-13(9-10-15-16-14)12-7-5-4-6-8-12/h4-11H,3H2,1-2H3. The number of hydrogen-bond donors (Lipinski definition) is 0. The molecule has 0 amide bonds. The van der Waals surface area contributed by atoms with E-state index in [-0.39, 0.29) is 0 Å². The quantitative estimate of drug-likeness (QED) is 0.776. The normalized spacial score (nSPS) is 12.4. The lowest BCUT2D eigenvalue weighted by molar-refractivity contribution is 0.693. The molecule has 0 fully saturated rings. The van der Waals surface area contributed by atoms with Crippen LogP contribution in [-0.2, 0) is 0 Å². The molecule has 2 rings (SSSR count). The van der Waals surface area contributed by atoms with E-state index in [1.807, 2.05) is 12.1 Å². The molecular formula is C14H16N2. The van der Waals surface area contributed by atoms with Crippen molar-refractivity contribution in [1.29, 1.82) is 0 Å². The van der Waals surface area contributed by atoms with E-state index in [1.54, 1.807) is 6.20 Å². The third kappa shape index (κ3) is 2.11. The van der Waals surface area contributed by atoms with Crippen LogP contribution in [0.5, 0.6) is 0 Å². The summed E-state index contributed by atoms with van der Waals surface area (Å²) in [6, 6.07) is 12.4. The van der Waals surface area contributed by atoms with Crippen LogP contribution >= 0.6 is 0 Å². The molecule has 0 aliphatic rings. The summed E-state index contributed by atoms with van der Waals surface area (Å²) >= 11 is 0. The van der Waals surface area contributed by atoms with Gasteiger partial charge in [0.15, 0.2) is 0 Å². The van der Waals surface area contributed by atoms with E-state index in [1.165, 1.54) is 11.1 Å². The third-order valence-electron chi connectivity index (χ3n) is 2.91. The maximum atomic E-state index is 4.28. The number of rotatable bonds is 3. The molecule has 1 atom stereocenters. The monoisotopic (exact) mass is 212 g/mol. The van der Waals surface area contributed by atoms with Gasteiger partial charge in [-0.15, -0.1) is 0 Å². The Morgan fingerprint density at radius 3 is 2.56 bits per heavy atom. The summed E-state index contributed by atoms with van der Waals surface area (Å²) in [4.78, 5) is 0. The number of hydrogen-bond acceptors (Lipinski definition) is 2. The van der Waals surface area contributed by atoms with Gasteiger partial charge >= 0.3 is 0 Å². The van der Waals surface area contributed by atoms with Crippen molar-refractivity contribution in [2.24, 2.45) is 0 Å². The van der Waals surface area contributed by atoms with Gasteiger partial charge in [-0.3, -0.25) is 0 Å². The molecule has 16 heavy (non-hydrogen) atoms. The molecule has 0 saturated heterocycles. The third-order valence-corrected chi connectivity index (χ3v) is 2.91. The highest BCUT2D eigenvalue weighted by atomic mass is 15.1. The van der Waals surface area contributed by atoms with Crippen LogP contribution < -0.4 is 0 Å². The molecule has 2 aromatic rings. The highest BCUT2D eigenvalue weighted by Gasteiger charge is 2.11. The average Bonchev–Trinajstić information content (AvgIpc) is 2.39. The lowest BCUT2D eigenvalue weighted by Gasteiger charge is -2.12. The van der Waals surface area contributed by atoms with Gasteiger partial charge in [-0.25, -0.2) is 0 Å². The first-order valence-corrected chi connectivity index (χ1v) is 5.70. The smallest absolute Gasteiger partial charge is 0.0737 e. The van der Waals surface area contributed by atoms with Crippen molar-refractivity contribution in [3.05, 3.63) is 48.3 Å². The number of aromatic nitrogens is 2. The second kappa shape index (κ2) is 4.88. The van der Waals surface area contributed by atoms with Crippen LogP contribution in [0.4, 0.5) is 0 Å². The SMILES string of the molecule is CCC(C)c1nnccc1-c1ccccc1. The summed E-state index contributed by atoms with van der Waals surface area (Å²) in [5.41, 5.74) is 3.51. The van der Waals surface area contributed by atoms with Gasteiger partial charge in [-0.05, 0) is 18.1 Å². The van der Waals surface area contributed by atoms with Crippen LogP contribution in [0.15, 0.2) is 42.6 Å². The first-order valence-electron chi connectivity index (χ1n) is 5.70. The minimum Gasteiger partial charge on any atom is -0.159 e. The van der Waals surface area contributed by atoms with Gasteiger partial charge in [0.25, 0.3) is 0 Å². The second-order valence-electron chi connectivity index (χ2n) is 4.01. The predicted octanol–water partition coefficient (Wildman–Crippen LogP) is 3.66. The summed E-state index contributed by atoms with van der Waals surface area (Å²) in [6.07, 6.45) is 2.84. The van der Waals surface area contributed by atoms with Crippen LogP contribution in [0.3, 0.4) is 0 Å². The van der Waals surface area contributed by atoms with E-state index in [9.17, 15) is 0 Å². The molecule has 1 unspecified atom stereocenters. The molecule has 0 N–H and O–H groups in total. The zero-order valence-corrected chi connectivity index (χ0v) is 9.72. The van der Waals surface area contributed by atoms with Crippen molar-refractivity contribution in [2.75, 3.05) is 0 Å². The van der Waals surface area contributed by atoms with Gasteiger partial charge in [0, 0.05) is 11.5 Å². The van der Waals surface area contributed by atoms with E-state index in [4.69, 9.17) is 0 Å². The van der Waals surface area contributed by atoms with Gasteiger partial charge in [0.1, 0.15) is 0 Å². The lowest BCUT2D eigenvalue weighted by atomic mass is 9.96. The van der Waals surface area contributed by atoms with E-state index in [0.29, 0.717) is 5.92 Å². The molecular weight excluding hydrogens is 196 g/mol. The van der Waals surface area contributed by atoms with Crippen LogP contribution in [0.1, 0.15) is 31.9 Å². The molecule has 0 saturated carbocycles. The molecule has 2 heteroatoms. The fourth-order valence-electron chi connectivity index (χ4n) is 1.76. The Kier molecular flexibility index (Phi) is 3.30. The zero-order chi connectivity index (χ0) is 11.4. The van der Waals surface area contributed by atoms with Crippen molar-refractivity contribution in [2.45, 2.75) is 26.2 Å². The Morgan fingerprint density at radius 1 is 1.12 bits per heavy atom. The van der Waals surface area contributed by atoms with Crippen molar-refractivity contribution in [1.82, 2.24) is 10.2 Å². The van der Waals surface area contributed by atoms with Crippen molar-refractivity contribution in [3.63, 3.8) is 0 Å². The molecule has 0 aliphatic carbocycles. The molecule has 0 bridgehead atoms. The fourth-order valence-corrected chi connectivity index (χ4v) is 1.76. The van der Waals surface area contributed by atoms with Gasteiger partial charge in [-0.2, -0.15) is 10.2 Å². The summed E-state index contributed by atoms with van der Waals surface area (Å²) in [5.74, 6) is 0.448. The Bertz CT molecular complexity index is 451. The number of benzene rings is 1. The molecule has 0 aliphatic heterocycles. The molecule has 1 aromatic heterocycles. The zero-order valence-electron chi connectivity index (χ0n) is 9.72. The molecule has 1 aromatic carbocycles. The molecule has 1 heterocycles. The summed E-state index contributed by atoms with van der Waals surface area (Å²) in [7, 11) is 0. The van der Waals surface area contributed by atoms with E-state index in [2.05, 4.69) is 48.3 Å². The van der Waals surface area contributed by atoms with Gasteiger partial charge in [-0.1, -0.05) is 44.2 Å². The Balaban J connectivity index is 2.49. The first-order chi connectivity index (χ1) is 7.83. The molecule has 0 radical (unpaired) electrons. The first kappa shape index (κ1) is 10.8. The van der Waals surface area contributed by atoms with Crippen LogP contribution in [0.25, 0.3) is 11.1 Å². The topological polar surface area (TPSA) is 25.8 Å². The maximum absolute atomic E-state index is 4.28. The Labute approximate surface area is 96.4 Å². The maximum Gasteiger partial charge on any atom is 0.0737 e. The number of nitrogens with zero attached hydrogens (tertiary/aromatic N) is 2. The van der Waals surface area contributed by atoms with Gasteiger partial charge < -0.3 is 0 Å². The largest absolute Gasteiger partial charge is 0.159 e. The second-order valence-corrected chi connectivity index (χ2v) is 4.01. The van der Waals surface area contributed by atoms with Crippen LogP contribution in [0, 0.1) is 0 Å². The Hall–Kier alpha value is -1.70. The van der Waals surface area contributed by atoms with Crippen molar-refractivity contribution in [3.8, 4) is 11.1 Å². The van der Waals surface area contributed by atoms with Crippen molar-refractivity contribution >= 4 is 0 Å². The molecule has 2 nitrogen and oxygen atoms in total. The molecule has 0 spiro atoms. The predicted molar refractivity (Wildman–Crippen MR) is 66.2 cm³/mol.